The zero-order valence-corrected chi connectivity index (χ0v) is 17.5. The lowest BCUT2D eigenvalue weighted by Gasteiger charge is -2.32. The average Bonchev–Trinajstić information content (AvgIpc) is 2.70. The summed E-state index contributed by atoms with van der Waals surface area (Å²) in [6.45, 7) is 6.84. The molecule has 0 saturated carbocycles. The fourth-order valence-electron chi connectivity index (χ4n) is 2.94. The number of para-hydroxylation sites is 2. The van der Waals surface area contributed by atoms with E-state index in [2.05, 4.69) is 20.8 Å². The van der Waals surface area contributed by atoms with E-state index in [1.54, 1.807) is 24.3 Å². The summed E-state index contributed by atoms with van der Waals surface area (Å²) in [6, 6.07) is 18.0. The lowest BCUT2D eigenvalue weighted by atomic mass is 9.79. The van der Waals surface area contributed by atoms with E-state index in [-0.39, 0.29) is 5.41 Å². The Labute approximate surface area is 163 Å². The highest BCUT2D eigenvalue weighted by Gasteiger charge is 2.36. The number of rotatable bonds is 12. The van der Waals surface area contributed by atoms with Gasteiger partial charge >= 0.3 is 7.82 Å². The van der Waals surface area contributed by atoms with E-state index >= 15 is 0 Å². The maximum Gasteiger partial charge on any atom is 0.587 e. The summed E-state index contributed by atoms with van der Waals surface area (Å²) >= 11 is 0. The van der Waals surface area contributed by atoms with Gasteiger partial charge in [-0.15, -0.1) is 0 Å². The van der Waals surface area contributed by atoms with Crippen LogP contribution in [0.3, 0.4) is 0 Å². The van der Waals surface area contributed by atoms with E-state index in [0.717, 1.165) is 32.1 Å². The minimum absolute atomic E-state index is 0.0221. The van der Waals surface area contributed by atoms with E-state index in [1.165, 1.54) is 0 Å². The smallest absolute Gasteiger partial charge is 0.395 e. The van der Waals surface area contributed by atoms with Crippen molar-refractivity contribution in [2.45, 2.75) is 52.9 Å². The van der Waals surface area contributed by atoms with Crippen LogP contribution in [0.2, 0.25) is 0 Å². The summed E-state index contributed by atoms with van der Waals surface area (Å²) in [4.78, 5) is 0. The van der Waals surface area contributed by atoms with E-state index in [9.17, 15) is 4.57 Å². The minimum Gasteiger partial charge on any atom is -0.395 e. The fraction of sp³-hybridized carbons (Fsp3) is 0.455. The Balaban J connectivity index is 2.19. The van der Waals surface area contributed by atoms with Crippen LogP contribution >= 0.6 is 7.82 Å². The second-order valence-corrected chi connectivity index (χ2v) is 8.36. The Morgan fingerprint density at radius 2 is 1.30 bits per heavy atom. The zero-order valence-electron chi connectivity index (χ0n) is 16.6. The van der Waals surface area contributed by atoms with Gasteiger partial charge < -0.3 is 9.05 Å². The lowest BCUT2D eigenvalue weighted by Crippen LogP contribution is -2.26. The standard InChI is InChI=1S/C22H31O4P/c1-4-7-18-22(5-2,6-3)19-24-27(23,25-20-14-10-8-11-15-20)26-21-16-12-9-13-17-21/h8-17H,4-7,18-19H2,1-3H3. The van der Waals surface area contributed by atoms with Crippen molar-refractivity contribution in [1.82, 2.24) is 0 Å². The molecule has 0 spiro atoms. The predicted octanol–water partition coefficient (Wildman–Crippen LogP) is 7.27. The van der Waals surface area contributed by atoms with Gasteiger partial charge in [-0.05, 0) is 48.9 Å². The molecule has 2 aromatic rings. The van der Waals surface area contributed by atoms with Crippen molar-refractivity contribution in [3.05, 3.63) is 60.7 Å². The van der Waals surface area contributed by atoms with E-state index in [0.29, 0.717) is 18.1 Å². The largest absolute Gasteiger partial charge is 0.587 e. The number of phosphoric acid groups is 1. The molecular formula is C22H31O4P. The SMILES string of the molecule is CCCCC(CC)(CC)COP(=O)(Oc1ccccc1)Oc1ccccc1. The van der Waals surface area contributed by atoms with Gasteiger partial charge in [-0.1, -0.05) is 70.0 Å². The third-order valence-corrected chi connectivity index (χ3v) is 6.32. The molecule has 0 radical (unpaired) electrons. The first-order chi connectivity index (χ1) is 13.0. The number of benzene rings is 2. The molecule has 0 fully saturated rings. The first-order valence-corrected chi connectivity index (χ1v) is 11.2. The Morgan fingerprint density at radius 1 is 0.815 bits per heavy atom. The molecule has 5 heteroatoms. The van der Waals surface area contributed by atoms with Crippen LogP contribution in [0, 0.1) is 5.41 Å². The predicted molar refractivity (Wildman–Crippen MR) is 110 cm³/mol. The molecule has 148 valence electrons. The van der Waals surface area contributed by atoms with Crippen LogP contribution < -0.4 is 9.05 Å². The molecule has 0 aliphatic heterocycles. The molecule has 0 aromatic heterocycles. The Morgan fingerprint density at radius 3 is 1.70 bits per heavy atom. The molecule has 2 aromatic carbocycles. The first-order valence-electron chi connectivity index (χ1n) is 9.78. The van der Waals surface area contributed by atoms with Crippen LogP contribution in [0.1, 0.15) is 52.9 Å². The highest BCUT2D eigenvalue weighted by Crippen LogP contribution is 2.51. The summed E-state index contributed by atoms with van der Waals surface area (Å²) in [5.74, 6) is 0.924. The van der Waals surface area contributed by atoms with Gasteiger partial charge in [-0.3, -0.25) is 4.52 Å². The average molecular weight is 390 g/mol. The van der Waals surface area contributed by atoms with Crippen molar-refractivity contribution in [1.29, 1.82) is 0 Å². The third-order valence-electron chi connectivity index (χ3n) is 5.01. The molecular weight excluding hydrogens is 359 g/mol. The van der Waals surface area contributed by atoms with Gasteiger partial charge in [0.2, 0.25) is 0 Å². The van der Waals surface area contributed by atoms with Gasteiger partial charge in [0.25, 0.3) is 0 Å². The molecule has 0 N–H and O–H groups in total. The minimum atomic E-state index is -3.82. The number of phosphoric ester groups is 1. The van der Waals surface area contributed by atoms with Crippen LogP contribution in [0.15, 0.2) is 60.7 Å². The second-order valence-electron chi connectivity index (χ2n) is 6.84. The number of unbranched alkanes of at least 4 members (excludes halogenated alkanes) is 1. The summed E-state index contributed by atoms with van der Waals surface area (Å²) < 4.78 is 30.7. The van der Waals surface area contributed by atoms with Gasteiger partial charge in [-0.2, -0.15) is 0 Å². The van der Waals surface area contributed by atoms with Gasteiger partial charge in [0.15, 0.2) is 0 Å². The van der Waals surface area contributed by atoms with E-state index < -0.39 is 7.82 Å². The van der Waals surface area contributed by atoms with Gasteiger partial charge in [0.05, 0.1) is 6.61 Å². The normalized spacial score (nSPS) is 12.0. The maximum atomic E-state index is 13.4. The van der Waals surface area contributed by atoms with Crippen molar-refractivity contribution in [2.24, 2.45) is 5.41 Å². The van der Waals surface area contributed by atoms with Crippen LogP contribution in [-0.2, 0) is 9.09 Å². The fourth-order valence-corrected chi connectivity index (χ4v) is 4.27. The maximum absolute atomic E-state index is 13.4. The molecule has 0 amide bonds. The molecule has 4 nitrogen and oxygen atoms in total. The molecule has 2 rings (SSSR count). The molecule has 0 heterocycles. The molecule has 0 unspecified atom stereocenters. The van der Waals surface area contributed by atoms with E-state index in [4.69, 9.17) is 13.6 Å². The highest BCUT2D eigenvalue weighted by molar-refractivity contribution is 7.49. The van der Waals surface area contributed by atoms with Gasteiger partial charge in [-0.25, -0.2) is 4.57 Å². The zero-order chi connectivity index (χ0) is 19.6. The lowest BCUT2D eigenvalue weighted by molar-refractivity contribution is 0.0938. The van der Waals surface area contributed by atoms with Crippen LogP contribution in [0.4, 0.5) is 0 Å². The second kappa shape index (κ2) is 10.5. The van der Waals surface area contributed by atoms with Crippen LogP contribution in [-0.4, -0.2) is 6.61 Å². The third kappa shape index (κ3) is 6.71. The number of hydrogen-bond acceptors (Lipinski definition) is 4. The monoisotopic (exact) mass is 390 g/mol. The Kier molecular flexibility index (Phi) is 8.40. The number of hydrogen-bond donors (Lipinski definition) is 0. The van der Waals surface area contributed by atoms with Crippen molar-refractivity contribution in [3.8, 4) is 11.5 Å². The first kappa shape index (κ1) is 21.5. The molecule has 0 bridgehead atoms. The Bertz CT molecular complexity index is 653. The van der Waals surface area contributed by atoms with Crippen molar-refractivity contribution in [2.75, 3.05) is 6.61 Å². The van der Waals surface area contributed by atoms with Crippen molar-refractivity contribution >= 4 is 7.82 Å². The topological polar surface area (TPSA) is 44.8 Å². The quantitative estimate of drug-likeness (QED) is 0.358. The van der Waals surface area contributed by atoms with Gasteiger partial charge in [0, 0.05) is 0 Å². The van der Waals surface area contributed by atoms with E-state index in [1.807, 2.05) is 36.4 Å². The molecule has 0 saturated heterocycles. The van der Waals surface area contributed by atoms with Gasteiger partial charge in [0.1, 0.15) is 11.5 Å². The molecule has 0 aliphatic rings. The summed E-state index contributed by atoms with van der Waals surface area (Å²) in [5.41, 5.74) is -0.0221. The Hall–Kier alpha value is -1.77. The molecule has 27 heavy (non-hydrogen) atoms. The van der Waals surface area contributed by atoms with Crippen molar-refractivity contribution in [3.63, 3.8) is 0 Å². The molecule has 0 aliphatic carbocycles. The van der Waals surface area contributed by atoms with Crippen LogP contribution in [0.25, 0.3) is 0 Å². The molecule has 0 atom stereocenters. The highest BCUT2D eigenvalue weighted by atomic mass is 31.2. The summed E-state index contributed by atoms with van der Waals surface area (Å²) in [5, 5.41) is 0. The summed E-state index contributed by atoms with van der Waals surface area (Å²) in [6.07, 6.45) is 5.20. The van der Waals surface area contributed by atoms with Crippen LogP contribution in [0.5, 0.6) is 11.5 Å². The summed E-state index contributed by atoms with van der Waals surface area (Å²) in [7, 11) is -3.82. The van der Waals surface area contributed by atoms with Crippen molar-refractivity contribution < 1.29 is 18.1 Å².